The van der Waals surface area contributed by atoms with Gasteiger partial charge in [-0.25, -0.2) is 4.90 Å². The zero-order chi connectivity index (χ0) is 21.8. The Morgan fingerprint density at radius 2 is 1.60 bits per heavy atom. The Hall–Kier alpha value is -2.73. The molecule has 0 unspecified atom stereocenters. The molecule has 0 radical (unpaired) electrons. The first-order valence-corrected chi connectivity index (χ1v) is 11.1. The highest BCUT2D eigenvalue weighted by Gasteiger charge is 2.41. The lowest BCUT2D eigenvalue weighted by Crippen LogP contribution is -2.31. The topological polar surface area (TPSA) is 49.9 Å². The summed E-state index contributed by atoms with van der Waals surface area (Å²) in [6.45, 7) is 10.0. The summed E-state index contributed by atoms with van der Waals surface area (Å²) in [5.74, 6) is -0.0207. The number of ether oxygens (including phenoxy) is 1. The highest BCUT2D eigenvalue weighted by atomic mass is 32.2. The molecule has 0 spiro atoms. The van der Waals surface area contributed by atoms with Crippen molar-refractivity contribution in [2.24, 2.45) is 0 Å². The molecule has 0 saturated heterocycles. The lowest BCUT2D eigenvalue weighted by molar-refractivity contribution is -0.119. The van der Waals surface area contributed by atoms with Crippen LogP contribution in [-0.4, -0.2) is 37.3 Å². The van der Waals surface area contributed by atoms with E-state index in [1.54, 1.807) is 13.2 Å². The SMILES string of the molecule is CCN(CC)c1ccc(N2C(=O)C(SC(C)C)=C(c3ccccc3OC)C2=O)cc1. The van der Waals surface area contributed by atoms with Crippen molar-refractivity contribution >= 4 is 40.5 Å². The van der Waals surface area contributed by atoms with E-state index < -0.39 is 0 Å². The van der Waals surface area contributed by atoms with Gasteiger partial charge in [0.25, 0.3) is 11.8 Å². The van der Waals surface area contributed by atoms with Gasteiger partial charge in [-0.1, -0.05) is 32.0 Å². The number of carbonyl (C=O) groups excluding carboxylic acids is 2. The van der Waals surface area contributed by atoms with Gasteiger partial charge in [0.05, 0.1) is 23.3 Å². The van der Waals surface area contributed by atoms with Crippen LogP contribution in [0.25, 0.3) is 5.57 Å². The molecule has 2 aromatic carbocycles. The maximum Gasteiger partial charge on any atom is 0.272 e. The molecule has 3 rings (SSSR count). The van der Waals surface area contributed by atoms with Gasteiger partial charge in [-0.05, 0) is 44.2 Å². The lowest BCUT2D eigenvalue weighted by Gasteiger charge is -2.22. The molecule has 0 fully saturated rings. The van der Waals surface area contributed by atoms with Gasteiger partial charge in [0, 0.05) is 29.6 Å². The number of hydrogen-bond donors (Lipinski definition) is 0. The molecule has 1 heterocycles. The number of amides is 2. The number of hydrogen-bond acceptors (Lipinski definition) is 5. The number of methoxy groups -OCH3 is 1. The predicted molar refractivity (Wildman–Crippen MR) is 125 cm³/mol. The molecule has 0 aromatic heterocycles. The van der Waals surface area contributed by atoms with Crippen LogP contribution in [0.2, 0.25) is 0 Å². The van der Waals surface area contributed by atoms with Crippen molar-refractivity contribution in [3.05, 3.63) is 59.0 Å². The summed E-state index contributed by atoms with van der Waals surface area (Å²) in [5.41, 5.74) is 2.69. The van der Waals surface area contributed by atoms with Gasteiger partial charge in [-0.15, -0.1) is 11.8 Å². The van der Waals surface area contributed by atoms with Gasteiger partial charge in [-0.3, -0.25) is 9.59 Å². The monoisotopic (exact) mass is 424 g/mol. The summed E-state index contributed by atoms with van der Waals surface area (Å²) in [5, 5.41) is 0.159. The Morgan fingerprint density at radius 1 is 0.967 bits per heavy atom. The highest BCUT2D eigenvalue weighted by molar-refractivity contribution is 8.04. The highest BCUT2D eigenvalue weighted by Crippen LogP contribution is 2.42. The van der Waals surface area contributed by atoms with E-state index in [-0.39, 0.29) is 17.1 Å². The lowest BCUT2D eigenvalue weighted by atomic mass is 10.0. The van der Waals surface area contributed by atoms with Gasteiger partial charge in [-0.2, -0.15) is 0 Å². The number of carbonyl (C=O) groups is 2. The van der Waals surface area contributed by atoms with Crippen molar-refractivity contribution in [3.63, 3.8) is 0 Å². The minimum Gasteiger partial charge on any atom is -0.496 e. The Morgan fingerprint density at radius 3 is 2.17 bits per heavy atom. The second-order valence-electron chi connectivity index (χ2n) is 7.21. The van der Waals surface area contributed by atoms with E-state index in [2.05, 4.69) is 18.7 Å². The number of para-hydroxylation sites is 1. The van der Waals surface area contributed by atoms with Gasteiger partial charge >= 0.3 is 0 Å². The van der Waals surface area contributed by atoms with Crippen LogP contribution in [-0.2, 0) is 9.59 Å². The second kappa shape index (κ2) is 9.39. The second-order valence-corrected chi connectivity index (χ2v) is 8.79. The fourth-order valence-corrected chi connectivity index (χ4v) is 4.56. The first-order chi connectivity index (χ1) is 14.4. The maximum absolute atomic E-state index is 13.5. The number of nitrogens with zero attached hydrogens (tertiary/aromatic N) is 2. The first-order valence-electron chi connectivity index (χ1n) is 10.2. The van der Waals surface area contributed by atoms with E-state index >= 15 is 0 Å². The van der Waals surface area contributed by atoms with E-state index in [1.165, 1.54) is 16.7 Å². The normalized spacial score (nSPS) is 14.1. The molecule has 1 aliphatic rings. The zero-order valence-corrected chi connectivity index (χ0v) is 19.0. The average Bonchev–Trinajstić information content (AvgIpc) is 2.98. The summed E-state index contributed by atoms with van der Waals surface area (Å²) in [7, 11) is 1.57. The molecule has 0 N–H and O–H groups in total. The van der Waals surface area contributed by atoms with Crippen LogP contribution in [0.4, 0.5) is 11.4 Å². The third kappa shape index (κ3) is 4.10. The third-order valence-corrected chi connectivity index (χ3v) is 6.09. The number of anilines is 2. The van der Waals surface area contributed by atoms with E-state index in [0.29, 0.717) is 27.5 Å². The fraction of sp³-hybridized carbons (Fsp3) is 0.333. The van der Waals surface area contributed by atoms with E-state index in [4.69, 9.17) is 4.74 Å². The summed E-state index contributed by atoms with van der Waals surface area (Å²) < 4.78 is 5.47. The Bertz CT molecular complexity index is 963. The quantitative estimate of drug-likeness (QED) is 0.560. The number of rotatable bonds is 8. The van der Waals surface area contributed by atoms with Gasteiger partial charge in [0.1, 0.15) is 5.75 Å². The van der Waals surface area contributed by atoms with Crippen LogP contribution in [0, 0.1) is 0 Å². The molecule has 1 aliphatic heterocycles. The smallest absolute Gasteiger partial charge is 0.272 e. The minimum absolute atomic E-state index is 0.159. The van der Waals surface area contributed by atoms with Crippen molar-refractivity contribution in [1.82, 2.24) is 0 Å². The van der Waals surface area contributed by atoms with Crippen molar-refractivity contribution in [2.75, 3.05) is 30.0 Å². The largest absolute Gasteiger partial charge is 0.496 e. The van der Waals surface area contributed by atoms with Crippen LogP contribution in [0.15, 0.2) is 53.4 Å². The number of thioether (sulfide) groups is 1. The molecule has 5 nitrogen and oxygen atoms in total. The Labute approximate surface area is 182 Å². The van der Waals surface area contributed by atoms with Crippen LogP contribution in [0.1, 0.15) is 33.3 Å². The summed E-state index contributed by atoms with van der Waals surface area (Å²) >= 11 is 1.41. The summed E-state index contributed by atoms with van der Waals surface area (Å²) in [4.78, 5) is 30.8. The van der Waals surface area contributed by atoms with Crippen LogP contribution in [0.5, 0.6) is 5.75 Å². The van der Waals surface area contributed by atoms with Gasteiger partial charge in [0.15, 0.2) is 0 Å². The summed E-state index contributed by atoms with van der Waals surface area (Å²) in [6.07, 6.45) is 0. The zero-order valence-electron chi connectivity index (χ0n) is 18.1. The Balaban J connectivity index is 2.04. The molecule has 6 heteroatoms. The predicted octanol–water partition coefficient (Wildman–Crippen LogP) is 4.97. The fourth-order valence-electron chi connectivity index (χ4n) is 3.58. The van der Waals surface area contributed by atoms with E-state index in [1.807, 2.05) is 56.3 Å². The van der Waals surface area contributed by atoms with Crippen LogP contribution >= 0.6 is 11.8 Å². The molecular formula is C24H28N2O3S. The van der Waals surface area contributed by atoms with E-state index in [0.717, 1.165) is 18.8 Å². The molecule has 30 heavy (non-hydrogen) atoms. The van der Waals surface area contributed by atoms with Crippen molar-refractivity contribution < 1.29 is 14.3 Å². The molecule has 2 amide bonds. The number of benzene rings is 2. The minimum atomic E-state index is -0.316. The van der Waals surface area contributed by atoms with E-state index in [9.17, 15) is 9.59 Å². The maximum atomic E-state index is 13.5. The van der Waals surface area contributed by atoms with Gasteiger partial charge in [0.2, 0.25) is 0 Å². The Kier molecular flexibility index (Phi) is 6.87. The molecule has 158 valence electrons. The third-order valence-electron chi connectivity index (χ3n) is 5.01. The summed E-state index contributed by atoms with van der Waals surface area (Å²) in [6, 6.07) is 14.9. The van der Waals surface area contributed by atoms with Crippen LogP contribution in [0.3, 0.4) is 0 Å². The number of imide groups is 1. The molecule has 2 aromatic rings. The average molecular weight is 425 g/mol. The molecular weight excluding hydrogens is 396 g/mol. The van der Waals surface area contributed by atoms with Crippen molar-refractivity contribution in [1.29, 1.82) is 0 Å². The van der Waals surface area contributed by atoms with Crippen molar-refractivity contribution in [3.8, 4) is 5.75 Å². The first kappa shape index (κ1) is 22.0. The standard InChI is InChI=1S/C24H28N2O3S/c1-6-25(7-2)17-12-14-18(15-13-17)26-23(27)21(22(24(26)28)30-16(3)4)19-10-8-9-11-20(19)29-5/h8-16H,6-7H2,1-5H3. The molecule has 0 atom stereocenters. The molecule has 0 bridgehead atoms. The van der Waals surface area contributed by atoms with Crippen LogP contribution < -0.4 is 14.5 Å². The molecule has 0 saturated carbocycles. The van der Waals surface area contributed by atoms with Crippen molar-refractivity contribution in [2.45, 2.75) is 32.9 Å². The molecule has 0 aliphatic carbocycles. The van der Waals surface area contributed by atoms with Gasteiger partial charge < -0.3 is 9.64 Å².